The summed E-state index contributed by atoms with van der Waals surface area (Å²) in [6.07, 6.45) is 0. The lowest BCUT2D eigenvalue weighted by atomic mass is 10.2. The molecule has 2 amide bonds. The molecule has 5 heteroatoms. The third-order valence-corrected chi connectivity index (χ3v) is 2.70. The lowest BCUT2D eigenvalue weighted by molar-refractivity contribution is 0.174. The van der Waals surface area contributed by atoms with Crippen molar-refractivity contribution in [2.24, 2.45) is 0 Å². The van der Waals surface area contributed by atoms with Gasteiger partial charge >= 0.3 is 6.03 Å². The Labute approximate surface area is 100 Å². The van der Waals surface area contributed by atoms with Crippen LogP contribution in [-0.2, 0) is 6.54 Å². The van der Waals surface area contributed by atoms with Crippen LogP contribution in [0.4, 0.5) is 4.79 Å². The smallest absolute Gasteiger partial charge is 0.317 e. The third-order valence-electron chi connectivity index (χ3n) is 2.70. The molecule has 92 valence electrons. The van der Waals surface area contributed by atoms with Crippen LogP contribution in [0.1, 0.15) is 12.5 Å². The van der Waals surface area contributed by atoms with Crippen molar-refractivity contribution in [3.63, 3.8) is 0 Å². The Hall–Kier alpha value is -1.91. The summed E-state index contributed by atoms with van der Waals surface area (Å²) in [6.45, 7) is 3.37. The van der Waals surface area contributed by atoms with Gasteiger partial charge in [-0.1, -0.05) is 6.07 Å². The standard InChI is InChI=1S/C12H16N2O3/c1-3-14(2)12(15)13-7-9-4-5-10-11(6-9)17-8-16-10/h4-6H,3,7-8H2,1-2H3,(H,13,15). The molecule has 2 rings (SSSR count). The Balaban J connectivity index is 1.93. The maximum absolute atomic E-state index is 11.5. The molecule has 0 saturated carbocycles. The van der Waals surface area contributed by atoms with E-state index in [0.717, 1.165) is 17.1 Å². The van der Waals surface area contributed by atoms with E-state index in [1.165, 1.54) is 0 Å². The number of carbonyl (C=O) groups is 1. The number of urea groups is 1. The van der Waals surface area contributed by atoms with Crippen LogP contribution >= 0.6 is 0 Å². The number of amides is 2. The molecule has 0 fully saturated rings. The molecule has 0 aromatic heterocycles. The molecule has 1 N–H and O–H groups in total. The molecular formula is C12H16N2O3. The van der Waals surface area contributed by atoms with Crippen LogP contribution < -0.4 is 14.8 Å². The number of hydrogen-bond acceptors (Lipinski definition) is 3. The highest BCUT2D eigenvalue weighted by molar-refractivity contribution is 5.73. The summed E-state index contributed by atoms with van der Waals surface area (Å²) >= 11 is 0. The van der Waals surface area contributed by atoms with Crippen molar-refractivity contribution >= 4 is 6.03 Å². The molecule has 1 aliphatic rings. The molecule has 0 saturated heterocycles. The van der Waals surface area contributed by atoms with Crippen LogP contribution in [0.3, 0.4) is 0 Å². The van der Waals surface area contributed by atoms with E-state index in [-0.39, 0.29) is 12.8 Å². The fraction of sp³-hybridized carbons (Fsp3) is 0.417. The number of carbonyl (C=O) groups excluding carboxylic acids is 1. The SMILES string of the molecule is CCN(C)C(=O)NCc1ccc2c(c1)OCO2. The first-order valence-corrected chi connectivity index (χ1v) is 5.58. The maximum atomic E-state index is 11.5. The minimum absolute atomic E-state index is 0.0785. The van der Waals surface area contributed by atoms with Crippen molar-refractivity contribution in [3.05, 3.63) is 23.8 Å². The zero-order chi connectivity index (χ0) is 12.3. The second-order valence-electron chi connectivity index (χ2n) is 3.86. The first-order chi connectivity index (χ1) is 8.20. The molecule has 1 aromatic carbocycles. The average molecular weight is 236 g/mol. The van der Waals surface area contributed by atoms with E-state index in [2.05, 4.69) is 5.32 Å². The molecule has 0 radical (unpaired) electrons. The van der Waals surface area contributed by atoms with Gasteiger partial charge in [0.1, 0.15) is 0 Å². The summed E-state index contributed by atoms with van der Waals surface area (Å²) in [5, 5.41) is 2.83. The summed E-state index contributed by atoms with van der Waals surface area (Å²) in [7, 11) is 1.76. The average Bonchev–Trinajstić information content (AvgIpc) is 2.82. The number of rotatable bonds is 3. The van der Waals surface area contributed by atoms with E-state index in [9.17, 15) is 4.79 Å². The van der Waals surface area contributed by atoms with Gasteiger partial charge < -0.3 is 19.7 Å². The molecule has 0 atom stereocenters. The van der Waals surface area contributed by atoms with Crippen LogP contribution in [0.5, 0.6) is 11.5 Å². The van der Waals surface area contributed by atoms with Gasteiger partial charge in [0.05, 0.1) is 0 Å². The fourth-order valence-electron chi connectivity index (χ4n) is 1.51. The van der Waals surface area contributed by atoms with Crippen molar-refractivity contribution in [2.75, 3.05) is 20.4 Å². The van der Waals surface area contributed by atoms with Crippen LogP contribution in [0, 0.1) is 0 Å². The Morgan fingerprint density at radius 2 is 2.18 bits per heavy atom. The number of benzene rings is 1. The van der Waals surface area contributed by atoms with Gasteiger partial charge in [0, 0.05) is 20.1 Å². The number of nitrogens with one attached hydrogen (secondary N) is 1. The highest BCUT2D eigenvalue weighted by Gasteiger charge is 2.13. The normalized spacial score (nSPS) is 12.4. The predicted molar refractivity (Wildman–Crippen MR) is 63.1 cm³/mol. The molecule has 1 heterocycles. The fourth-order valence-corrected chi connectivity index (χ4v) is 1.51. The van der Waals surface area contributed by atoms with Crippen LogP contribution in [0.15, 0.2) is 18.2 Å². The third kappa shape index (κ3) is 2.61. The van der Waals surface area contributed by atoms with E-state index in [4.69, 9.17) is 9.47 Å². The monoisotopic (exact) mass is 236 g/mol. The minimum Gasteiger partial charge on any atom is -0.454 e. The van der Waals surface area contributed by atoms with Gasteiger partial charge in [0.15, 0.2) is 11.5 Å². The zero-order valence-electron chi connectivity index (χ0n) is 10.0. The Bertz CT molecular complexity index is 420. The molecule has 5 nitrogen and oxygen atoms in total. The van der Waals surface area contributed by atoms with Crippen molar-refractivity contribution in [1.29, 1.82) is 0 Å². The molecule has 0 bridgehead atoms. The number of fused-ring (bicyclic) bond motifs is 1. The summed E-state index contributed by atoms with van der Waals surface area (Å²) in [4.78, 5) is 13.2. The van der Waals surface area contributed by atoms with Crippen LogP contribution in [-0.4, -0.2) is 31.3 Å². The van der Waals surface area contributed by atoms with Gasteiger partial charge in [-0.15, -0.1) is 0 Å². The highest BCUT2D eigenvalue weighted by atomic mass is 16.7. The van der Waals surface area contributed by atoms with Gasteiger partial charge in [-0.05, 0) is 24.6 Å². The first-order valence-electron chi connectivity index (χ1n) is 5.58. The van der Waals surface area contributed by atoms with Crippen molar-refractivity contribution in [2.45, 2.75) is 13.5 Å². The van der Waals surface area contributed by atoms with Gasteiger partial charge in [-0.2, -0.15) is 0 Å². The van der Waals surface area contributed by atoms with Gasteiger partial charge in [-0.25, -0.2) is 4.79 Å². The van der Waals surface area contributed by atoms with Crippen LogP contribution in [0.25, 0.3) is 0 Å². The number of hydrogen-bond donors (Lipinski definition) is 1. The Kier molecular flexibility index (Phi) is 3.37. The number of nitrogens with zero attached hydrogens (tertiary/aromatic N) is 1. The molecule has 1 aromatic rings. The topological polar surface area (TPSA) is 50.8 Å². The summed E-state index contributed by atoms with van der Waals surface area (Å²) < 4.78 is 10.5. The first kappa shape index (κ1) is 11.6. The summed E-state index contributed by atoms with van der Waals surface area (Å²) in [5.74, 6) is 1.49. The highest BCUT2D eigenvalue weighted by Crippen LogP contribution is 2.32. The van der Waals surface area contributed by atoms with E-state index in [0.29, 0.717) is 13.1 Å². The zero-order valence-corrected chi connectivity index (χ0v) is 10.0. The van der Waals surface area contributed by atoms with E-state index < -0.39 is 0 Å². The molecular weight excluding hydrogens is 220 g/mol. The largest absolute Gasteiger partial charge is 0.454 e. The van der Waals surface area contributed by atoms with Crippen molar-refractivity contribution < 1.29 is 14.3 Å². The van der Waals surface area contributed by atoms with E-state index >= 15 is 0 Å². The predicted octanol–water partition coefficient (Wildman–Crippen LogP) is 1.58. The summed E-state index contributed by atoms with van der Waals surface area (Å²) in [6, 6.07) is 5.58. The lowest BCUT2D eigenvalue weighted by Crippen LogP contribution is -2.36. The Morgan fingerprint density at radius 3 is 2.94 bits per heavy atom. The van der Waals surface area contributed by atoms with E-state index in [1.54, 1.807) is 11.9 Å². The molecule has 0 unspecified atom stereocenters. The second-order valence-corrected chi connectivity index (χ2v) is 3.86. The quantitative estimate of drug-likeness (QED) is 0.866. The second kappa shape index (κ2) is 4.95. The Morgan fingerprint density at radius 1 is 1.41 bits per heavy atom. The lowest BCUT2D eigenvalue weighted by Gasteiger charge is -2.15. The maximum Gasteiger partial charge on any atom is 0.317 e. The van der Waals surface area contributed by atoms with Gasteiger partial charge in [0.2, 0.25) is 6.79 Å². The number of ether oxygens (including phenoxy) is 2. The van der Waals surface area contributed by atoms with Crippen LogP contribution in [0.2, 0.25) is 0 Å². The minimum atomic E-state index is -0.0785. The van der Waals surface area contributed by atoms with Gasteiger partial charge in [-0.3, -0.25) is 0 Å². The molecule has 0 aliphatic carbocycles. The molecule has 0 spiro atoms. The molecule has 17 heavy (non-hydrogen) atoms. The van der Waals surface area contributed by atoms with Crippen molar-refractivity contribution in [3.8, 4) is 11.5 Å². The van der Waals surface area contributed by atoms with E-state index in [1.807, 2.05) is 25.1 Å². The van der Waals surface area contributed by atoms with Gasteiger partial charge in [0.25, 0.3) is 0 Å². The summed E-state index contributed by atoms with van der Waals surface area (Å²) in [5.41, 5.74) is 0.993. The molecule has 1 aliphatic heterocycles. The van der Waals surface area contributed by atoms with Crippen molar-refractivity contribution in [1.82, 2.24) is 10.2 Å².